The Kier molecular flexibility index (Phi) is 22.7. The van der Waals surface area contributed by atoms with E-state index < -0.39 is 0 Å². The van der Waals surface area contributed by atoms with E-state index in [1.165, 1.54) is 122 Å². The van der Waals surface area contributed by atoms with Crippen LogP contribution in [0.5, 0.6) is 0 Å². The van der Waals surface area contributed by atoms with E-state index in [1.807, 2.05) is 0 Å². The molecule has 0 spiro atoms. The lowest BCUT2D eigenvalue weighted by molar-refractivity contribution is -0.149. The summed E-state index contributed by atoms with van der Waals surface area (Å²) in [5.41, 5.74) is 0. The molecule has 0 aromatic heterocycles. The van der Waals surface area contributed by atoms with Gasteiger partial charge in [-0.05, 0) is 25.2 Å². The van der Waals surface area contributed by atoms with Crippen molar-refractivity contribution in [2.45, 2.75) is 156 Å². The van der Waals surface area contributed by atoms with E-state index in [4.69, 9.17) is 4.74 Å². The van der Waals surface area contributed by atoms with Crippen LogP contribution >= 0.6 is 0 Å². The molecule has 0 aliphatic rings. The van der Waals surface area contributed by atoms with Crippen LogP contribution in [0.15, 0.2) is 0 Å². The molecule has 0 N–H and O–H groups in total. The van der Waals surface area contributed by atoms with Gasteiger partial charge in [-0.25, -0.2) is 0 Å². The Hall–Kier alpha value is -0.530. The molecule has 0 aliphatic heterocycles. The quantitative estimate of drug-likeness (QED) is 0.120. The van der Waals surface area contributed by atoms with Crippen molar-refractivity contribution in [3.05, 3.63) is 0 Å². The third-order valence-corrected chi connectivity index (χ3v) is 6.54. The smallest absolute Gasteiger partial charge is 0.308 e. The number of carbonyl (C=O) groups is 1. The lowest BCUT2D eigenvalue weighted by Crippen LogP contribution is -2.19. The van der Waals surface area contributed by atoms with E-state index in [0.717, 1.165) is 6.42 Å². The molecular formula is C28H56O2. The Morgan fingerprint density at radius 1 is 0.567 bits per heavy atom. The molecule has 30 heavy (non-hydrogen) atoms. The highest BCUT2D eigenvalue weighted by Gasteiger charge is 2.17. The predicted octanol–water partition coefficient (Wildman–Crippen LogP) is 9.64. The summed E-state index contributed by atoms with van der Waals surface area (Å²) in [7, 11) is 0. The van der Waals surface area contributed by atoms with Gasteiger partial charge in [-0.15, -0.1) is 0 Å². The maximum absolute atomic E-state index is 12.4. The van der Waals surface area contributed by atoms with E-state index >= 15 is 0 Å². The van der Waals surface area contributed by atoms with Gasteiger partial charge >= 0.3 is 5.97 Å². The fourth-order valence-electron chi connectivity index (χ4n) is 4.25. The number of rotatable bonds is 23. The Morgan fingerprint density at radius 2 is 0.933 bits per heavy atom. The van der Waals surface area contributed by atoms with Gasteiger partial charge in [0.25, 0.3) is 0 Å². The molecule has 0 aromatic carbocycles. The first-order valence-corrected chi connectivity index (χ1v) is 13.8. The first-order chi connectivity index (χ1) is 14.7. The lowest BCUT2D eigenvalue weighted by Gasteiger charge is -2.19. The molecule has 0 aromatic rings. The van der Waals surface area contributed by atoms with Crippen LogP contribution < -0.4 is 0 Å². The van der Waals surface area contributed by atoms with E-state index in [0.29, 0.717) is 12.5 Å². The van der Waals surface area contributed by atoms with Gasteiger partial charge in [-0.3, -0.25) is 4.79 Å². The van der Waals surface area contributed by atoms with Crippen LogP contribution in [0.1, 0.15) is 156 Å². The highest BCUT2D eigenvalue weighted by atomic mass is 16.5. The molecule has 0 radical (unpaired) electrons. The van der Waals surface area contributed by atoms with Crippen LogP contribution in [-0.4, -0.2) is 12.6 Å². The number of hydrogen-bond donors (Lipinski definition) is 0. The predicted molar refractivity (Wildman–Crippen MR) is 133 cm³/mol. The standard InChI is InChI=1S/C28H56O2/c1-5-8-11-13-15-17-20-22-26(4)28(29)30-25-27(23-19-10-7-3)24-21-18-16-14-12-9-6-2/h26-27H,5-25H2,1-4H3. The summed E-state index contributed by atoms with van der Waals surface area (Å²) in [5.74, 6) is 0.679. The molecule has 2 heteroatoms. The number of unbranched alkanes of at least 4 members (excludes halogenated alkanes) is 14. The second-order valence-electron chi connectivity index (χ2n) is 9.71. The fraction of sp³-hybridized carbons (Fsp3) is 0.964. The minimum atomic E-state index is 0.0426. The zero-order valence-electron chi connectivity index (χ0n) is 21.3. The summed E-state index contributed by atoms with van der Waals surface area (Å²) in [4.78, 5) is 12.4. The van der Waals surface area contributed by atoms with Crippen molar-refractivity contribution < 1.29 is 9.53 Å². The van der Waals surface area contributed by atoms with Gasteiger partial charge in [-0.2, -0.15) is 0 Å². The zero-order chi connectivity index (χ0) is 22.3. The molecule has 0 aliphatic carbocycles. The average Bonchev–Trinajstić information content (AvgIpc) is 2.75. The Morgan fingerprint density at radius 3 is 1.43 bits per heavy atom. The fourth-order valence-corrected chi connectivity index (χ4v) is 4.25. The van der Waals surface area contributed by atoms with Crippen LogP contribution in [0, 0.1) is 11.8 Å². The Bertz CT molecular complexity index is 353. The molecule has 0 saturated carbocycles. The Labute approximate surface area is 190 Å². The zero-order valence-corrected chi connectivity index (χ0v) is 21.3. The second-order valence-corrected chi connectivity index (χ2v) is 9.71. The summed E-state index contributed by atoms with van der Waals surface area (Å²) in [6.45, 7) is 9.51. The van der Waals surface area contributed by atoms with Crippen molar-refractivity contribution in [3.63, 3.8) is 0 Å². The van der Waals surface area contributed by atoms with Gasteiger partial charge in [0.15, 0.2) is 0 Å². The molecule has 2 atom stereocenters. The monoisotopic (exact) mass is 424 g/mol. The van der Waals surface area contributed by atoms with Crippen molar-refractivity contribution in [1.82, 2.24) is 0 Å². The third-order valence-electron chi connectivity index (χ3n) is 6.54. The molecule has 0 heterocycles. The summed E-state index contributed by atoms with van der Waals surface area (Å²) >= 11 is 0. The topological polar surface area (TPSA) is 26.3 Å². The van der Waals surface area contributed by atoms with Crippen molar-refractivity contribution in [3.8, 4) is 0 Å². The summed E-state index contributed by atoms with van der Waals surface area (Å²) in [6.07, 6.45) is 25.9. The Balaban J connectivity index is 3.98. The molecule has 0 rings (SSSR count). The van der Waals surface area contributed by atoms with Gasteiger partial charge in [0, 0.05) is 0 Å². The van der Waals surface area contributed by atoms with E-state index in [2.05, 4.69) is 27.7 Å². The van der Waals surface area contributed by atoms with Crippen LogP contribution in [-0.2, 0) is 9.53 Å². The van der Waals surface area contributed by atoms with Crippen molar-refractivity contribution in [1.29, 1.82) is 0 Å². The van der Waals surface area contributed by atoms with E-state index in [1.54, 1.807) is 0 Å². The first kappa shape index (κ1) is 29.5. The molecule has 0 saturated heterocycles. The number of esters is 1. The van der Waals surface area contributed by atoms with Crippen LogP contribution in [0.3, 0.4) is 0 Å². The summed E-state index contributed by atoms with van der Waals surface area (Å²) in [6, 6.07) is 0. The number of carbonyl (C=O) groups excluding carboxylic acids is 1. The number of ether oxygens (including phenoxy) is 1. The highest BCUT2D eigenvalue weighted by molar-refractivity contribution is 5.71. The van der Waals surface area contributed by atoms with Gasteiger partial charge in [0.1, 0.15) is 0 Å². The maximum atomic E-state index is 12.4. The van der Waals surface area contributed by atoms with Crippen LogP contribution in [0.4, 0.5) is 0 Å². The minimum Gasteiger partial charge on any atom is -0.465 e. The minimum absolute atomic E-state index is 0.0426. The molecule has 0 fully saturated rings. The van der Waals surface area contributed by atoms with Gasteiger partial charge < -0.3 is 4.74 Å². The molecule has 0 bridgehead atoms. The van der Waals surface area contributed by atoms with Gasteiger partial charge in [0.05, 0.1) is 12.5 Å². The van der Waals surface area contributed by atoms with E-state index in [-0.39, 0.29) is 11.9 Å². The van der Waals surface area contributed by atoms with Crippen molar-refractivity contribution in [2.24, 2.45) is 11.8 Å². The molecular weight excluding hydrogens is 368 g/mol. The largest absolute Gasteiger partial charge is 0.465 e. The maximum Gasteiger partial charge on any atom is 0.308 e. The van der Waals surface area contributed by atoms with Crippen molar-refractivity contribution >= 4 is 5.97 Å². The lowest BCUT2D eigenvalue weighted by atomic mass is 9.95. The van der Waals surface area contributed by atoms with Crippen LogP contribution in [0.2, 0.25) is 0 Å². The molecule has 2 nitrogen and oxygen atoms in total. The summed E-state index contributed by atoms with van der Waals surface area (Å²) < 4.78 is 5.78. The number of hydrogen-bond acceptors (Lipinski definition) is 2. The van der Waals surface area contributed by atoms with Gasteiger partial charge in [0.2, 0.25) is 0 Å². The summed E-state index contributed by atoms with van der Waals surface area (Å²) in [5, 5.41) is 0. The van der Waals surface area contributed by atoms with Crippen LogP contribution in [0.25, 0.3) is 0 Å². The van der Waals surface area contributed by atoms with Crippen molar-refractivity contribution in [2.75, 3.05) is 6.61 Å². The average molecular weight is 425 g/mol. The molecule has 2 unspecified atom stereocenters. The van der Waals surface area contributed by atoms with Gasteiger partial charge in [-0.1, -0.05) is 137 Å². The third kappa shape index (κ3) is 19.4. The highest BCUT2D eigenvalue weighted by Crippen LogP contribution is 2.20. The van der Waals surface area contributed by atoms with E-state index in [9.17, 15) is 4.79 Å². The normalized spacial score (nSPS) is 13.3. The molecule has 0 amide bonds. The second kappa shape index (κ2) is 23.1. The SMILES string of the molecule is CCCCCCCCCC(CCCCC)COC(=O)C(C)CCCCCCCCC. The molecule has 180 valence electrons. The first-order valence-electron chi connectivity index (χ1n) is 13.8.